The summed E-state index contributed by atoms with van der Waals surface area (Å²) in [6.45, 7) is 2.04. The number of ether oxygens (including phenoxy) is 2. The minimum Gasteiger partial charge on any atom is -0.494 e. The lowest BCUT2D eigenvalue weighted by atomic mass is 9.95. The normalized spacial score (nSPS) is 11.8. The Morgan fingerprint density at radius 2 is 2.14 bits per heavy atom. The van der Waals surface area contributed by atoms with Gasteiger partial charge in [-0.1, -0.05) is 12.1 Å². The van der Waals surface area contributed by atoms with Gasteiger partial charge in [0.05, 0.1) is 19.4 Å². The van der Waals surface area contributed by atoms with Crippen molar-refractivity contribution in [1.82, 2.24) is 4.98 Å². The first kappa shape index (κ1) is 15.9. The number of nitrogens with zero attached hydrogens (tertiary/aromatic N) is 1. The number of hydrogen-bond donors (Lipinski definition) is 0. The quantitative estimate of drug-likeness (QED) is 0.769. The third kappa shape index (κ3) is 3.81. The smallest absolute Gasteiger partial charge is 0.315 e. The molecule has 22 heavy (non-hydrogen) atoms. The second kappa shape index (κ2) is 7.54. The summed E-state index contributed by atoms with van der Waals surface area (Å²) in [5, 5.41) is 0. The van der Waals surface area contributed by atoms with Crippen LogP contribution in [0.5, 0.6) is 5.75 Å². The number of pyridine rings is 1. The van der Waals surface area contributed by atoms with Gasteiger partial charge in [0.2, 0.25) is 0 Å². The van der Waals surface area contributed by atoms with Crippen molar-refractivity contribution in [2.45, 2.75) is 19.3 Å². The SMILES string of the molecule is CCOC(=O)C(Cc1ccc(OC)c(F)c1)c1ccccn1. The summed E-state index contributed by atoms with van der Waals surface area (Å²) >= 11 is 0. The highest BCUT2D eigenvalue weighted by Gasteiger charge is 2.24. The van der Waals surface area contributed by atoms with E-state index in [2.05, 4.69) is 4.98 Å². The van der Waals surface area contributed by atoms with Crippen molar-refractivity contribution in [2.75, 3.05) is 13.7 Å². The predicted octanol–water partition coefficient (Wildman–Crippen LogP) is 3.12. The highest BCUT2D eigenvalue weighted by atomic mass is 19.1. The minimum absolute atomic E-state index is 0.175. The molecule has 1 heterocycles. The maximum absolute atomic E-state index is 13.8. The number of esters is 1. The van der Waals surface area contributed by atoms with Gasteiger partial charge < -0.3 is 9.47 Å². The molecule has 0 bridgehead atoms. The van der Waals surface area contributed by atoms with Gasteiger partial charge in [0.25, 0.3) is 0 Å². The fourth-order valence-electron chi connectivity index (χ4n) is 2.21. The summed E-state index contributed by atoms with van der Waals surface area (Å²) in [6.07, 6.45) is 1.94. The molecular weight excluding hydrogens is 285 g/mol. The van der Waals surface area contributed by atoms with E-state index in [0.29, 0.717) is 24.3 Å². The monoisotopic (exact) mass is 303 g/mol. The molecule has 0 amide bonds. The van der Waals surface area contributed by atoms with Crippen LogP contribution in [0.25, 0.3) is 0 Å². The van der Waals surface area contributed by atoms with Gasteiger partial charge >= 0.3 is 5.97 Å². The molecule has 2 rings (SSSR count). The predicted molar refractivity (Wildman–Crippen MR) is 80.3 cm³/mol. The largest absolute Gasteiger partial charge is 0.494 e. The lowest BCUT2D eigenvalue weighted by Crippen LogP contribution is -2.19. The van der Waals surface area contributed by atoms with Gasteiger partial charge in [-0.2, -0.15) is 0 Å². The Labute approximate surface area is 128 Å². The lowest BCUT2D eigenvalue weighted by Gasteiger charge is -2.15. The summed E-state index contributed by atoms with van der Waals surface area (Å²) < 4.78 is 23.8. The Bertz CT molecular complexity index is 631. The molecular formula is C17H18FNO3. The standard InChI is InChI=1S/C17H18FNO3/c1-3-22-17(20)13(15-6-4-5-9-19-15)10-12-7-8-16(21-2)14(18)11-12/h4-9,11,13H,3,10H2,1-2H3. The van der Waals surface area contributed by atoms with Crippen LogP contribution < -0.4 is 4.74 Å². The molecule has 1 atom stereocenters. The van der Waals surface area contributed by atoms with E-state index in [1.807, 2.05) is 6.07 Å². The van der Waals surface area contributed by atoms with Crippen molar-refractivity contribution in [1.29, 1.82) is 0 Å². The molecule has 0 aliphatic rings. The molecule has 5 heteroatoms. The second-order valence-corrected chi connectivity index (χ2v) is 4.73. The van der Waals surface area contributed by atoms with E-state index in [1.54, 1.807) is 37.4 Å². The molecule has 1 aromatic heterocycles. The van der Waals surface area contributed by atoms with E-state index >= 15 is 0 Å². The van der Waals surface area contributed by atoms with Crippen molar-refractivity contribution in [3.63, 3.8) is 0 Å². The average molecular weight is 303 g/mol. The first-order chi connectivity index (χ1) is 10.7. The van der Waals surface area contributed by atoms with Crippen molar-refractivity contribution >= 4 is 5.97 Å². The van der Waals surface area contributed by atoms with Crippen molar-refractivity contribution in [3.8, 4) is 5.75 Å². The van der Waals surface area contributed by atoms with Gasteiger partial charge in [-0.25, -0.2) is 4.39 Å². The van der Waals surface area contributed by atoms with Gasteiger partial charge in [0.1, 0.15) is 5.92 Å². The average Bonchev–Trinajstić information content (AvgIpc) is 2.54. The Kier molecular flexibility index (Phi) is 5.47. The number of hydrogen-bond acceptors (Lipinski definition) is 4. The number of methoxy groups -OCH3 is 1. The van der Waals surface area contributed by atoms with Gasteiger partial charge in [-0.15, -0.1) is 0 Å². The van der Waals surface area contributed by atoms with E-state index in [0.717, 1.165) is 0 Å². The van der Waals surface area contributed by atoms with Crippen LogP contribution in [0.3, 0.4) is 0 Å². The molecule has 0 radical (unpaired) electrons. The van der Waals surface area contributed by atoms with Gasteiger partial charge in [0.15, 0.2) is 11.6 Å². The summed E-state index contributed by atoms with van der Waals surface area (Å²) in [4.78, 5) is 16.4. The molecule has 0 N–H and O–H groups in total. The summed E-state index contributed by atoms with van der Waals surface area (Å²) in [5.41, 5.74) is 1.29. The van der Waals surface area contributed by atoms with Crippen LogP contribution in [-0.2, 0) is 16.0 Å². The van der Waals surface area contributed by atoms with E-state index < -0.39 is 11.7 Å². The van der Waals surface area contributed by atoms with Crippen molar-refractivity contribution in [3.05, 3.63) is 59.7 Å². The highest BCUT2D eigenvalue weighted by Crippen LogP contribution is 2.24. The number of aromatic nitrogens is 1. The number of carbonyl (C=O) groups is 1. The van der Waals surface area contributed by atoms with E-state index in [-0.39, 0.29) is 11.7 Å². The van der Waals surface area contributed by atoms with E-state index in [1.165, 1.54) is 13.2 Å². The first-order valence-corrected chi connectivity index (χ1v) is 7.05. The molecule has 0 aliphatic carbocycles. The number of halogens is 1. The van der Waals surface area contributed by atoms with Gasteiger partial charge in [0, 0.05) is 6.20 Å². The van der Waals surface area contributed by atoms with Crippen molar-refractivity contribution in [2.24, 2.45) is 0 Å². The third-order valence-corrected chi connectivity index (χ3v) is 3.27. The van der Waals surface area contributed by atoms with Gasteiger partial charge in [-0.05, 0) is 43.2 Å². The lowest BCUT2D eigenvalue weighted by molar-refractivity contribution is -0.145. The zero-order valence-corrected chi connectivity index (χ0v) is 12.6. The second-order valence-electron chi connectivity index (χ2n) is 4.73. The molecule has 2 aromatic rings. The van der Waals surface area contributed by atoms with Crippen LogP contribution in [0.4, 0.5) is 4.39 Å². The summed E-state index contributed by atoms with van der Waals surface area (Å²) in [7, 11) is 1.41. The summed E-state index contributed by atoms with van der Waals surface area (Å²) in [5.74, 6) is -1.20. The van der Waals surface area contributed by atoms with Crippen LogP contribution in [0.2, 0.25) is 0 Å². The summed E-state index contributed by atoms with van der Waals surface area (Å²) in [6, 6.07) is 10.00. The van der Waals surface area contributed by atoms with Gasteiger partial charge in [-0.3, -0.25) is 9.78 Å². The van der Waals surface area contributed by atoms with Crippen LogP contribution in [0, 0.1) is 5.82 Å². The number of rotatable bonds is 6. The van der Waals surface area contributed by atoms with Crippen molar-refractivity contribution < 1.29 is 18.7 Å². The zero-order chi connectivity index (χ0) is 15.9. The maximum Gasteiger partial charge on any atom is 0.315 e. The molecule has 1 aromatic carbocycles. The molecule has 0 fully saturated rings. The Hall–Kier alpha value is -2.43. The Morgan fingerprint density at radius 1 is 1.32 bits per heavy atom. The zero-order valence-electron chi connectivity index (χ0n) is 12.6. The molecule has 0 spiro atoms. The van der Waals surface area contributed by atoms with Crippen LogP contribution in [0.15, 0.2) is 42.6 Å². The fourth-order valence-corrected chi connectivity index (χ4v) is 2.21. The third-order valence-electron chi connectivity index (χ3n) is 3.27. The topological polar surface area (TPSA) is 48.4 Å². The maximum atomic E-state index is 13.8. The van der Waals surface area contributed by atoms with E-state index in [4.69, 9.17) is 9.47 Å². The fraction of sp³-hybridized carbons (Fsp3) is 0.294. The van der Waals surface area contributed by atoms with Crippen LogP contribution >= 0.6 is 0 Å². The van der Waals surface area contributed by atoms with Crippen LogP contribution in [-0.4, -0.2) is 24.7 Å². The molecule has 4 nitrogen and oxygen atoms in total. The molecule has 0 aliphatic heterocycles. The molecule has 0 saturated heterocycles. The first-order valence-electron chi connectivity index (χ1n) is 7.05. The minimum atomic E-state index is -0.561. The highest BCUT2D eigenvalue weighted by molar-refractivity contribution is 5.78. The molecule has 116 valence electrons. The molecule has 0 saturated carbocycles. The van der Waals surface area contributed by atoms with Crippen LogP contribution in [0.1, 0.15) is 24.1 Å². The Balaban J connectivity index is 2.26. The number of carbonyl (C=O) groups excluding carboxylic acids is 1. The van der Waals surface area contributed by atoms with E-state index in [9.17, 15) is 9.18 Å². The number of benzene rings is 1. The molecule has 1 unspecified atom stereocenters. The Morgan fingerprint density at radius 3 is 2.73 bits per heavy atom.